The van der Waals surface area contributed by atoms with Gasteiger partial charge >= 0.3 is 5.97 Å². The van der Waals surface area contributed by atoms with E-state index in [0.29, 0.717) is 4.88 Å². The molecule has 1 atom stereocenters. The molecule has 7 heteroatoms. The average Bonchev–Trinajstić information content (AvgIpc) is 2.77. The number of thiol groups is 1. The molecule has 0 bridgehead atoms. The zero-order chi connectivity index (χ0) is 13.1. The lowest BCUT2D eigenvalue weighted by Crippen LogP contribution is -2.47. The van der Waals surface area contributed by atoms with E-state index in [1.807, 2.05) is 0 Å². The van der Waals surface area contributed by atoms with Crippen LogP contribution in [0.1, 0.15) is 16.6 Å². The molecule has 0 aromatic carbocycles. The Labute approximate surface area is 107 Å². The Bertz CT molecular complexity index is 439. The summed E-state index contributed by atoms with van der Waals surface area (Å²) in [5.74, 6) is -2.34. The van der Waals surface area contributed by atoms with Crippen LogP contribution in [-0.2, 0) is 9.59 Å². The second-order valence-electron chi connectivity index (χ2n) is 3.46. The molecule has 1 heterocycles. The minimum absolute atomic E-state index is 0.410. The molecule has 0 aliphatic rings. The van der Waals surface area contributed by atoms with Crippen LogP contribution in [0.15, 0.2) is 17.5 Å². The molecule has 2 N–H and O–H groups in total. The number of hydrogen-bond donors (Lipinski definition) is 3. The molecular weight excluding hydrogens is 262 g/mol. The SMILES string of the molecule is CC(S)(C(=O)NCC(=O)O)C(=O)c1cccs1. The maximum Gasteiger partial charge on any atom is 0.322 e. The van der Waals surface area contributed by atoms with Gasteiger partial charge in [0.15, 0.2) is 10.5 Å². The molecular formula is C10H11NO4S2. The van der Waals surface area contributed by atoms with Gasteiger partial charge in [0.05, 0.1) is 4.88 Å². The molecule has 1 amide bonds. The summed E-state index contributed by atoms with van der Waals surface area (Å²) in [6.07, 6.45) is 0. The van der Waals surface area contributed by atoms with Crippen LogP contribution in [0.4, 0.5) is 0 Å². The number of carbonyl (C=O) groups excluding carboxylic acids is 2. The van der Waals surface area contributed by atoms with E-state index in [2.05, 4.69) is 17.9 Å². The van der Waals surface area contributed by atoms with Gasteiger partial charge in [-0.05, 0) is 18.4 Å². The first kappa shape index (κ1) is 13.7. The molecule has 5 nitrogen and oxygen atoms in total. The van der Waals surface area contributed by atoms with Crippen molar-refractivity contribution in [2.75, 3.05) is 6.54 Å². The number of nitrogens with one attached hydrogen (secondary N) is 1. The first-order valence-corrected chi connectivity index (χ1v) is 5.99. The van der Waals surface area contributed by atoms with Gasteiger partial charge in [0.1, 0.15) is 6.54 Å². The molecule has 0 saturated heterocycles. The van der Waals surface area contributed by atoms with Crippen molar-refractivity contribution in [3.05, 3.63) is 22.4 Å². The molecule has 0 radical (unpaired) electrons. The zero-order valence-electron chi connectivity index (χ0n) is 8.97. The fourth-order valence-corrected chi connectivity index (χ4v) is 2.13. The van der Waals surface area contributed by atoms with Gasteiger partial charge in [-0.3, -0.25) is 14.4 Å². The van der Waals surface area contributed by atoms with Crippen LogP contribution >= 0.6 is 24.0 Å². The molecule has 0 aliphatic carbocycles. The van der Waals surface area contributed by atoms with Gasteiger partial charge in [-0.25, -0.2) is 0 Å². The van der Waals surface area contributed by atoms with Crippen LogP contribution < -0.4 is 5.32 Å². The maximum atomic E-state index is 11.9. The summed E-state index contributed by atoms with van der Waals surface area (Å²) in [6, 6.07) is 3.28. The fraction of sp³-hybridized carbons (Fsp3) is 0.300. The first-order valence-electron chi connectivity index (χ1n) is 4.66. The molecule has 0 saturated carbocycles. The van der Waals surface area contributed by atoms with Crippen LogP contribution in [-0.4, -0.2) is 34.1 Å². The lowest BCUT2D eigenvalue weighted by Gasteiger charge is -2.19. The molecule has 0 spiro atoms. The number of carboxylic acid groups (broad SMARTS) is 1. The largest absolute Gasteiger partial charge is 0.480 e. The lowest BCUT2D eigenvalue weighted by molar-refractivity contribution is -0.138. The predicted molar refractivity (Wildman–Crippen MR) is 66.7 cm³/mol. The molecule has 1 aromatic heterocycles. The van der Waals surface area contributed by atoms with E-state index in [9.17, 15) is 14.4 Å². The highest BCUT2D eigenvalue weighted by molar-refractivity contribution is 7.83. The van der Waals surface area contributed by atoms with E-state index in [1.165, 1.54) is 18.3 Å². The zero-order valence-corrected chi connectivity index (χ0v) is 10.7. The topological polar surface area (TPSA) is 83.5 Å². The standard InChI is InChI=1S/C10H11NO4S2/c1-10(16,9(15)11-5-7(12)13)8(14)6-3-2-4-17-6/h2-4,16H,5H2,1H3,(H,11,15)(H,12,13). The van der Waals surface area contributed by atoms with Crippen molar-refractivity contribution in [1.82, 2.24) is 5.32 Å². The number of rotatable bonds is 5. The van der Waals surface area contributed by atoms with E-state index in [-0.39, 0.29) is 0 Å². The van der Waals surface area contributed by atoms with E-state index in [0.717, 1.165) is 0 Å². The van der Waals surface area contributed by atoms with Gasteiger partial charge in [-0.1, -0.05) is 6.07 Å². The number of thiophene rings is 1. The highest BCUT2D eigenvalue weighted by atomic mass is 32.1. The van der Waals surface area contributed by atoms with E-state index < -0.39 is 29.0 Å². The van der Waals surface area contributed by atoms with Gasteiger partial charge in [-0.15, -0.1) is 11.3 Å². The second kappa shape index (κ2) is 5.33. The maximum absolute atomic E-state index is 11.9. The Morgan fingerprint density at radius 3 is 2.65 bits per heavy atom. The first-order chi connectivity index (χ1) is 7.85. The van der Waals surface area contributed by atoms with Gasteiger partial charge < -0.3 is 10.4 Å². The highest BCUT2D eigenvalue weighted by Gasteiger charge is 2.38. The summed E-state index contributed by atoms with van der Waals surface area (Å²) < 4.78 is -1.57. The Kier molecular flexibility index (Phi) is 4.30. The number of amides is 1. The summed E-state index contributed by atoms with van der Waals surface area (Å²) in [4.78, 5) is 34.3. The Balaban J connectivity index is 2.76. The monoisotopic (exact) mass is 273 g/mol. The molecule has 0 fully saturated rings. The summed E-state index contributed by atoms with van der Waals surface area (Å²) >= 11 is 5.22. The minimum Gasteiger partial charge on any atom is -0.480 e. The smallest absolute Gasteiger partial charge is 0.322 e. The van der Waals surface area contributed by atoms with Crippen molar-refractivity contribution >= 4 is 41.6 Å². The summed E-state index contributed by atoms with van der Waals surface area (Å²) in [7, 11) is 0. The average molecular weight is 273 g/mol. The van der Waals surface area contributed by atoms with E-state index >= 15 is 0 Å². The predicted octanol–water partition coefficient (Wildman–Crippen LogP) is 0.820. The van der Waals surface area contributed by atoms with Crippen molar-refractivity contribution in [2.45, 2.75) is 11.7 Å². The Morgan fingerprint density at radius 2 is 2.18 bits per heavy atom. The van der Waals surface area contributed by atoms with Gasteiger partial charge in [0, 0.05) is 0 Å². The number of ketones is 1. The minimum atomic E-state index is -1.57. The van der Waals surface area contributed by atoms with Gasteiger partial charge in [-0.2, -0.15) is 12.6 Å². The van der Waals surface area contributed by atoms with Crippen LogP contribution in [0, 0.1) is 0 Å². The molecule has 1 rings (SSSR count). The third-order valence-electron chi connectivity index (χ3n) is 2.03. The number of carboxylic acids is 1. The quantitative estimate of drug-likeness (QED) is 0.421. The Morgan fingerprint density at radius 1 is 1.53 bits per heavy atom. The lowest BCUT2D eigenvalue weighted by atomic mass is 10.0. The second-order valence-corrected chi connectivity index (χ2v) is 5.30. The van der Waals surface area contributed by atoms with Gasteiger partial charge in [0.25, 0.3) is 0 Å². The normalized spacial score (nSPS) is 13.8. The molecule has 1 unspecified atom stereocenters. The number of aliphatic carboxylic acids is 1. The number of hydrogen-bond acceptors (Lipinski definition) is 5. The van der Waals surface area contributed by atoms with Crippen LogP contribution in [0.5, 0.6) is 0 Å². The number of Topliss-reactive ketones (excluding diaryl/α,β-unsaturated/α-hetero) is 1. The third kappa shape index (κ3) is 3.31. The van der Waals surface area contributed by atoms with Crippen molar-refractivity contribution in [3.8, 4) is 0 Å². The van der Waals surface area contributed by atoms with Crippen LogP contribution in [0.2, 0.25) is 0 Å². The summed E-state index contributed by atoms with van der Waals surface area (Å²) in [5, 5.41) is 12.3. The highest BCUT2D eigenvalue weighted by Crippen LogP contribution is 2.23. The third-order valence-corrected chi connectivity index (χ3v) is 3.30. The molecule has 17 heavy (non-hydrogen) atoms. The summed E-state index contributed by atoms with van der Waals surface area (Å²) in [6.45, 7) is 0.808. The molecule has 0 aliphatic heterocycles. The Hall–Kier alpha value is -1.34. The number of carbonyl (C=O) groups is 3. The molecule has 1 aromatic rings. The van der Waals surface area contributed by atoms with Crippen molar-refractivity contribution in [2.24, 2.45) is 0 Å². The van der Waals surface area contributed by atoms with Crippen LogP contribution in [0.25, 0.3) is 0 Å². The molecule has 92 valence electrons. The fourth-order valence-electron chi connectivity index (χ4n) is 1.08. The van der Waals surface area contributed by atoms with E-state index in [1.54, 1.807) is 17.5 Å². The summed E-state index contributed by atoms with van der Waals surface area (Å²) in [5.41, 5.74) is 0. The van der Waals surface area contributed by atoms with Crippen molar-refractivity contribution in [3.63, 3.8) is 0 Å². The van der Waals surface area contributed by atoms with Crippen molar-refractivity contribution < 1.29 is 19.5 Å². The van der Waals surface area contributed by atoms with E-state index in [4.69, 9.17) is 5.11 Å². The van der Waals surface area contributed by atoms with Crippen molar-refractivity contribution in [1.29, 1.82) is 0 Å². The van der Waals surface area contributed by atoms with Crippen LogP contribution in [0.3, 0.4) is 0 Å². The van der Waals surface area contributed by atoms with Gasteiger partial charge in [0.2, 0.25) is 5.91 Å².